The first-order valence-corrected chi connectivity index (χ1v) is 9.97. The van der Waals surface area contributed by atoms with Gasteiger partial charge in [0.1, 0.15) is 0 Å². The van der Waals surface area contributed by atoms with Gasteiger partial charge in [-0.05, 0) is 49.7 Å². The fraction of sp³-hybridized carbons (Fsp3) is 0.667. The molecule has 0 amide bonds. The Morgan fingerprint density at radius 1 is 1.19 bits per heavy atom. The van der Waals surface area contributed by atoms with Gasteiger partial charge in [-0.15, -0.1) is 0 Å². The van der Waals surface area contributed by atoms with Crippen LogP contribution in [0.4, 0.5) is 0 Å². The molecule has 1 aliphatic rings. The maximum atomic E-state index is 10.9. The average molecular weight is 311 g/mol. The lowest BCUT2D eigenvalue weighted by Gasteiger charge is -2.44. The SMILES string of the molecule is Cc1ccc(S(C)(O)O[C@H]2C[C@@H](C)CC[C@@H]2C(C)C)cc1. The first kappa shape index (κ1) is 16.9. The van der Waals surface area contributed by atoms with Crippen molar-refractivity contribution in [2.24, 2.45) is 17.8 Å². The van der Waals surface area contributed by atoms with Crippen LogP contribution in [0.3, 0.4) is 0 Å². The second-order valence-corrected chi connectivity index (χ2v) is 9.35. The van der Waals surface area contributed by atoms with Gasteiger partial charge < -0.3 is 0 Å². The summed E-state index contributed by atoms with van der Waals surface area (Å²) in [6.45, 7) is 8.90. The summed E-state index contributed by atoms with van der Waals surface area (Å²) >= 11 is 0. The molecule has 120 valence electrons. The zero-order chi connectivity index (χ0) is 15.6. The van der Waals surface area contributed by atoms with E-state index >= 15 is 0 Å². The summed E-state index contributed by atoms with van der Waals surface area (Å²) in [5, 5.41) is 0. The van der Waals surface area contributed by atoms with Crippen molar-refractivity contribution >= 4 is 10.6 Å². The van der Waals surface area contributed by atoms with Gasteiger partial charge in [0, 0.05) is 6.26 Å². The Hall–Kier alpha value is -0.510. The number of hydrogen-bond acceptors (Lipinski definition) is 2. The molecule has 1 aromatic carbocycles. The minimum atomic E-state index is -2.17. The molecule has 1 aromatic rings. The Balaban J connectivity index is 2.14. The van der Waals surface area contributed by atoms with Crippen molar-refractivity contribution in [3.63, 3.8) is 0 Å². The van der Waals surface area contributed by atoms with Crippen LogP contribution in [0.2, 0.25) is 0 Å². The Morgan fingerprint density at radius 2 is 1.81 bits per heavy atom. The van der Waals surface area contributed by atoms with Gasteiger partial charge in [-0.3, -0.25) is 8.74 Å². The van der Waals surface area contributed by atoms with E-state index < -0.39 is 10.6 Å². The minimum absolute atomic E-state index is 0.181. The molecule has 1 N–H and O–H groups in total. The molecule has 0 aromatic heterocycles. The monoisotopic (exact) mass is 310 g/mol. The van der Waals surface area contributed by atoms with Gasteiger partial charge in [0.2, 0.25) is 0 Å². The van der Waals surface area contributed by atoms with Crippen molar-refractivity contribution in [2.45, 2.75) is 58.0 Å². The summed E-state index contributed by atoms with van der Waals surface area (Å²) in [7, 11) is -2.17. The van der Waals surface area contributed by atoms with Crippen molar-refractivity contribution in [3.05, 3.63) is 29.8 Å². The highest BCUT2D eigenvalue weighted by atomic mass is 32.3. The average Bonchev–Trinajstić information content (AvgIpc) is 2.38. The number of benzene rings is 1. The highest BCUT2D eigenvalue weighted by Crippen LogP contribution is 2.53. The Kier molecular flexibility index (Phi) is 5.39. The quantitative estimate of drug-likeness (QED) is 0.778. The van der Waals surface area contributed by atoms with Crippen molar-refractivity contribution in [1.82, 2.24) is 0 Å². The van der Waals surface area contributed by atoms with Crippen LogP contribution in [-0.4, -0.2) is 16.9 Å². The molecule has 2 rings (SSSR count). The predicted molar refractivity (Wildman–Crippen MR) is 91.8 cm³/mol. The van der Waals surface area contributed by atoms with E-state index in [9.17, 15) is 4.55 Å². The molecule has 21 heavy (non-hydrogen) atoms. The van der Waals surface area contributed by atoms with Gasteiger partial charge in [0.05, 0.1) is 11.0 Å². The van der Waals surface area contributed by atoms with E-state index in [0.29, 0.717) is 17.8 Å². The highest BCUT2D eigenvalue weighted by molar-refractivity contribution is 8.24. The molecule has 0 spiro atoms. The van der Waals surface area contributed by atoms with E-state index in [1.807, 2.05) is 30.5 Å². The Morgan fingerprint density at radius 3 is 2.38 bits per heavy atom. The second-order valence-electron chi connectivity index (χ2n) is 7.08. The summed E-state index contributed by atoms with van der Waals surface area (Å²) in [5.41, 5.74) is 1.21. The lowest BCUT2D eigenvalue weighted by atomic mass is 9.75. The fourth-order valence-corrected chi connectivity index (χ4v) is 4.77. The molecule has 0 saturated heterocycles. The first-order valence-electron chi connectivity index (χ1n) is 8.05. The minimum Gasteiger partial charge on any atom is -0.295 e. The highest BCUT2D eigenvalue weighted by Gasteiger charge is 2.34. The molecule has 1 fully saturated rings. The topological polar surface area (TPSA) is 29.5 Å². The number of hydrogen-bond donors (Lipinski definition) is 1. The van der Waals surface area contributed by atoms with Crippen molar-refractivity contribution < 1.29 is 8.74 Å². The van der Waals surface area contributed by atoms with Crippen LogP contribution in [0.5, 0.6) is 0 Å². The van der Waals surface area contributed by atoms with Crippen LogP contribution in [0, 0.1) is 24.7 Å². The van der Waals surface area contributed by atoms with Gasteiger partial charge in [-0.2, -0.15) is 10.6 Å². The largest absolute Gasteiger partial charge is 0.295 e. The normalized spacial score (nSPS) is 30.9. The molecule has 1 aliphatic carbocycles. The van der Waals surface area contributed by atoms with E-state index in [1.165, 1.54) is 18.4 Å². The van der Waals surface area contributed by atoms with E-state index in [4.69, 9.17) is 4.18 Å². The van der Waals surface area contributed by atoms with Crippen molar-refractivity contribution in [2.75, 3.05) is 6.26 Å². The predicted octanol–water partition coefficient (Wildman–Crippen LogP) is 5.65. The summed E-state index contributed by atoms with van der Waals surface area (Å²) in [4.78, 5) is 0.925. The van der Waals surface area contributed by atoms with Gasteiger partial charge in [-0.1, -0.05) is 44.9 Å². The molecule has 0 bridgehead atoms. The number of rotatable bonds is 4. The Bertz CT molecular complexity index is 453. The summed E-state index contributed by atoms with van der Waals surface area (Å²) < 4.78 is 17.2. The molecule has 0 heterocycles. The van der Waals surface area contributed by atoms with Crippen molar-refractivity contribution in [3.8, 4) is 0 Å². The summed E-state index contributed by atoms with van der Waals surface area (Å²) in [6, 6.07) is 8.09. The molecule has 0 radical (unpaired) electrons. The third-order valence-corrected chi connectivity index (χ3v) is 6.50. The van der Waals surface area contributed by atoms with E-state index in [2.05, 4.69) is 27.7 Å². The zero-order valence-electron chi connectivity index (χ0n) is 14.0. The summed E-state index contributed by atoms with van der Waals surface area (Å²) in [5.74, 6) is 1.86. The fourth-order valence-electron chi connectivity index (χ4n) is 3.31. The summed E-state index contributed by atoms with van der Waals surface area (Å²) in [6.07, 6.45) is 5.60. The third-order valence-electron chi connectivity index (χ3n) is 4.73. The molecule has 2 nitrogen and oxygen atoms in total. The number of aryl methyl sites for hydroxylation is 1. The maximum absolute atomic E-state index is 10.9. The van der Waals surface area contributed by atoms with Crippen LogP contribution in [0.1, 0.15) is 45.6 Å². The van der Waals surface area contributed by atoms with Crippen LogP contribution >= 0.6 is 10.6 Å². The standard InChI is InChI=1S/C18H30O2S/c1-13(2)17-11-8-15(4)12-18(17)20-21(5,19)16-9-6-14(3)7-10-16/h6-7,9-10,13,15,17-19H,8,11-12H2,1-5H3/t15-,17+,18-/m0/s1. The van der Waals surface area contributed by atoms with Gasteiger partial charge in [0.25, 0.3) is 0 Å². The molecule has 4 atom stereocenters. The zero-order valence-corrected chi connectivity index (χ0v) is 14.8. The molecule has 1 saturated carbocycles. The molecule has 0 aliphatic heterocycles. The lowest BCUT2D eigenvalue weighted by Crippen LogP contribution is -2.34. The van der Waals surface area contributed by atoms with Crippen LogP contribution in [0.25, 0.3) is 0 Å². The van der Waals surface area contributed by atoms with E-state index in [-0.39, 0.29) is 6.10 Å². The van der Waals surface area contributed by atoms with Gasteiger partial charge in [0.15, 0.2) is 0 Å². The van der Waals surface area contributed by atoms with E-state index in [0.717, 1.165) is 11.3 Å². The second kappa shape index (κ2) is 6.72. The first-order chi connectivity index (χ1) is 9.79. The molecular weight excluding hydrogens is 280 g/mol. The molecule has 3 heteroatoms. The van der Waals surface area contributed by atoms with Crippen LogP contribution < -0.4 is 0 Å². The molecular formula is C18H30O2S. The third kappa shape index (κ3) is 4.24. The van der Waals surface area contributed by atoms with Crippen LogP contribution in [-0.2, 0) is 4.18 Å². The Labute approximate surface area is 131 Å². The van der Waals surface area contributed by atoms with E-state index in [1.54, 1.807) is 0 Å². The lowest BCUT2D eigenvalue weighted by molar-refractivity contribution is 0.0505. The smallest absolute Gasteiger partial charge is 0.0859 e. The maximum Gasteiger partial charge on any atom is 0.0859 e. The van der Waals surface area contributed by atoms with Crippen molar-refractivity contribution in [1.29, 1.82) is 0 Å². The van der Waals surface area contributed by atoms with Gasteiger partial charge in [-0.25, -0.2) is 0 Å². The van der Waals surface area contributed by atoms with Gasteiger partial charge >= 0.3 is 0 Å². The molecule has 1 unspecified atom stereocenters. The van der Waals surface area contributed by atoms with Crippen LogP contribution in [0.15, 0.2) is 29.2 Å².